The molecule has 0 amide bonds. The molecule has 0 spiro atoms. The van der Waals surface area contributed by atoms with E-state index in [-0.39, 0.29) is 13.2 Å². The smallest absolute Gasteiger partial charge is 0.324 e. The van der Waals surface area contributed by atoms with E-state index < -0.39 is 48.4 Å². The molecular formula is C25H58O12P2. The van der Waals surface area contributed by atoms with Crippen LogP contribution in [0.5, 0.6) is 0 Å². The lowest BCUT2D eigenvalue weighted by molar-refractivity contribution is -0.426. The summed E-state index contributed by atoms with van der Waals surface area (Å²) in [6, 6.07) is 0. The Balaban J connectivity index is -0.00000141. The fourth-order valence-electron chi connectivity index (χ4n) is 3.59. The zero-order valence-corrected chi connectivity index (χ0v) is 26.1. The molecule has 0 fully saturated rings. The molecule has 0 rings (SSSR count). The lowest BCUT2D eigenvalue weighted by Gasteiger charge is -2.42. The number of hydrogen-bond donors (Lipinski definition) is 10. The van der Waals surface area contributed by atoms with E-state index in [1.54, 1.807) is 0 Å². The lowest BCUT2D eigenvalue weighted by Crippen LogP contribution is -2.59. The molecule has 0 bridgehead atoms. The third kappa shape index (κ3) is 28.3. The number of ether oxygens (including phenoxy) is 2. The zero-order valence-electron chi connectivity index (χ0n) is 24.4. The highest BCUT2D eigenvalue weighted by atomic mass is 31.2. The van der Waals surface area contributed by atoms with E-state index in [1.807, 2.05) is 0 Å². The molecule has 0 saturated heterocycles. The van der Waals surface area contributed by atoms with Crippen LogP contribution in [0.4, 0.5) is 0 Å². The average molecular weight is 613 g/mol. The first-order valence-electron chi connectivity index (χ1n) is 13.8. The van der Waals surface area contributed by atoms with E-state index >= 15 is 0 Å². The van der Waals surface area contributed by atoms with Gasteiger partial charge in [-0.3, -0.25) is 0 Å². The Hall–Kier alpha value is 0.380. The van der Waals surface area contributed by atoms with Crippen LogP contribution in [0.25, 0.3) is 0 Å². The molecule has 0 aliphatic rings. The summed E-state index contributed by atoms with van der Waals surface area (Å²) in [7, 11) is -5.24. The van der Waals surface area contributed by atoms with Crippen molar-refractivity contribution in [1.82, 2.24) is 0 Å². The molecule has 0 atom stereocenters. The molecule has 0 aliphatic heterocycles. The molecule has 0 heterocycles. The minimum absolute atomic E-state index is 0.248. The predicted molar refractivity (Wildman–Crippen MR) is 153 cm³/mol. The van der Waals surface area contributed by atoms with Crippen LogP contribution in [0.15, 0.2) is 0 Å². The van der Waals surface area contributed by atoms with Crippen molar-refractivity contribution in [3.63, 3.8) is 0 Å². The van der Waals surface area contributed by atoms with Gasteiger partial charge in [-0.15, -0.1) is 0 Å². The summed E-state index contributed by atoms with van der Waals surface area (Å²) in [6.07, 6.45) is 13.0. The van der Waals surface area contributed by atoms with Crippen molar-refractivity contribution in [2.45, 2.75) is 111 Å². The largest absolute Gasteiger partial charge is 0.395 e. The lowest BCUT2D eigenvalue weighted by atomic mass is 9.87. The Morgan fingerprint density at radius 3 is 1.03 bits per heavy atom. The molecule has 0 unspecified atom stereocenters. The van der Waals surface area contributed by atoms with E-state index in [1.165, 1.54) is 38.5 Å². The first-order valence-corrected chi connectivity index (χ1v) is 16.2. The molecule has 10 N–H and O–H groups in total. The highest BCUT2D eigenvalue weighted by molar-refractivity contribution is 7.38. The Bertz CT molecular complexity index is 452. The van der Waals surface area contributed by atoms with Crippen molar-refractivity contribution in [2.75, 3.05) is 33.0 Å². The van der Waals surface area contributed by atoms with Crippen molar-refractivity contribution >= 4 is 17.2 Å². The third-order valence-electron chi connectivity index (χ3n) is 6.03. The van der Waals surface area contributed by atoms with Crippen molar-refractivity contribution < 1.29 is 59.3 Å². The van der Waals surface area contributed by atoms with Gasteiger partial charge in [-0.1, -0.05) is 91.9 Å². The molecule has 0 aromatic carbocycles. The highest BCUT2D eigenvalue weighted by Gasteiger charge is 2.53. The van der Waals surface area contributed by atoms with Crippen LogP contribution in [-0.2, 0) is 9.47 Å². The molecular weight excluding hydrogens is 554 g/mol. The first-order chi connectivity index (χ1) is 18.2. The van der Waals surface area contributed by atoms with Crippen molar-refractivity contribution in [2.24, 2.45) is 17.3 Å². The van der Waals surface area contributed by atoms with E-state index in [4.69, 9.17) is 38.8 Å². The summed E-state index contributed by atoms with van der Waals surface area (Å²) in [5.74, 6) is -0.737. The van der Waals surface area contributed by atoms with Gasteiger partial charge < -0.3 is 59.3 Å². The SMILES string of the molecule is CC(C)CCCCCCCOC(O)(OCCCCCCCC(C)C)C(CO)(CO)CO.OP(O)O.OP(O)O. The standard InChI is InChI=1S/C25H52O6.2H3O3P/c1-22(2)15-11-7-5-9-13-17-30-25(29,24(19-26,20-27)21-28)31-18-14-10-6-8-12-16-23(3)4;2*1-4(2)3/h22-23,26-29H,5-21H2,1-4H3;2*1-3H. The Labute approximate surface area is 237 Å². The van der Waals surface area contributed by atoms with Gasteiger partial charge in [0, 0.05) is 0 Å². The second-order valence-electron chi connectivity index (χ2n) is 10.5. The summed E-state index contributed by atoms with van der Waals surface area (Å²) in [5.41, 5.74) is -1.67. The van der Waals surface area contributed by atoms with Crippen LogP contribution in [0.3, 0.4) is 0 Å². The van der Waals surface area contributed by atoms with Gasteiger partial charge in [0.25, 0.3) is 5.97 Å². The molecule has 14 heteroatoms. The molecule has 0 aromatic rings. The van der Waals surface area contributed by atoms with Crippen molar-refractivity contribution in [3.8, 4) is 0 Å². The quantitative estimate of drug-likeness (QED) is 0.0484. The normalized spacial score (nSPS) is 12.2. The molecule has 0 aliphatic carbocycles. The van der Waals surface area contributed by atoms with E-state index in [9.17, 15) is 20.4 Å². The maximum Gasteiger partial charge on any atom is 0.324 e. The topological polar surface area (TPSA) is 221 Å². The highest BCUT2D eigenvalue weighted by Crippen LogP contribution is 2.34. The van der Waals surface area contributed by atoms with Gasteiger partial charge in [-0.05, 0) is 24.7 Å². The van der Waals surface area contributed by atoms with Gasteiger partial charge in [0.1, 0.15) is 5.41 Å². The zero-order chi connectivity index (χ0) is 30.7. The van der Waals surface area contributed by atoms with Gasteiger partial charge >= 0.3 is 17.2 Å². The Kier molecular flexibility index (Phi) is 32.0. The number of aliphatic hydroxyl groups excluding tert-OH is 3. The van der Waals surface area contributed by atoms with Gasteiger partial charge in [-0.25, -0.2) is 0 Å². The van der Waals surface area contributed by atoms with Gasteiger partial charge in [0.2, 0.25) is 0 Å². The van der Waals surface area contributed by atoms with Crippen LogP contribution < -0.4 is 0 Å². The average Bonchev–Trinajstić information content (AvgIpc) is 2.83. The van der Waals surface area contributed by atoms with Crippen molar-refractivity contribution in [1.29, 1.82) is 0 Å². The van der Waals surface area contributed by atoms with E-state index in [0.29, 0.717) is 0 Å². The minimum atomic E-state index is -2.62. The number of unbranched alkanes of at least 4 members (excludes halogenated alkanes) is 8. The second kappa shape index (κ2) is 28.5. The molecule has 0 radical (unpaired) electrons. The summed E-state index contributed by atoms with van der Waals surface area (Å²) in [4.78, 5) is 43.4. The van der Waals surface area contributed by atoms with Gasteiger partial charge in [-0.2, -0.15) is 0 Å². The maximum atomic E-state index is 11.0. The first kappa shape index (κ1) is 43.8. The Morgan fingerprint density at radius 1 is 0.513 bits per heavy atom. The van der Waals surface area contributed by atoms with E-state index in [2.05, 4.69) is 27.7 Å². The van der Waals surface area contributed by atoms with Gasteiger partial charge in [0.15, 0.2) is 0 Å². The number of hydrogen-bond acceptors (Lipinski definition) is 12. The number of rotatable bonds is 22. The fourth-order valence-corrected chi connectivity index (χ4v) is 3.59. The summed E-state index contributed by atoms with van der Waals surface area (Å²) >= 11 is 0. The third-order valence-corrected chi connectivity index (χ3v) is 6.03. The molecule has 0 saturated carbocycles. The Morgan fingerprint density at radius 2 is 0.769 bits per heavy atom. The monoisotopic (exact) mass is 612 g/mol. The predicted octanol–water partition coefficient (Wildman–Crippen LogP) is 3.00. The number of aliphatic hydroxyl groups is 4. The fraction of sp³-hybridized carbons (Fsp3) is 1.00. The van der Waals surface area contributed by atoms with E-state index in [0.717, 1.165) is 50.4 Å². The van der Waals surface area contributed by atoms with Crippen molar-refractivity contribution in [3.05, 3.63) is 0 Å². The molecule has 240 valence electrons. The molecule has 12 nitrogen and oxygen atoms in total. The summed E-state index contributed by atoms with van der Waals surface area (Å²) in [5, 5.41) is 40.3. The van der Waals surface area contributed by atoms with Crippen LogP contribution in [0, 0.1) is 17.3 Å². The van der Waals surface area contributed by atoms with Gasteiger partial charge in [0.05, 0.1) is 33.0 Å². The van der Waals surface area contributed by atoms with Crippen LogP contribution in [0.1, 0.15) is 105 Å². The second-order valence-corrected chi connectivity index (χ2v) is 11.5. The maximum absolute atomic E-state index is 11.0. The van der Waals surface area contributed by atoms with Crippen LogP contribution in [0.2, 0.25) is 0 Å². The minimum Gasteiger partial charge on any atom is -0.395 e. The molecule has 0 aromatic heterocycles. The van der Waals surface area contributed by atoms with Crippen LogP contribution in [-0.4, -0.2) is 88.8 Å². The van der Waals surface area contributed by atoms with Crippen LogP contribution >= 0.6 is 17.2 Å². The summed E-state index contributed by atoms with van der Waals surface area (Å²) in [6.45, 7) is 7.52. The molecule has 39 heavy (non-hydrogen) atoms. The summed E-state index contributed by atoms with van der Waals surface area (Å²) < 4.78 is 11.3.